The molecule has 3 unspecified atom stereocenters. The molecule has 2 rings (SSSR count). The third-order valence-corrected chi connectivity index (χ3v) is 5.48. The van der Waals surface area contributed by atoms with Gasteiger partial charge in [-0.15, -0.1) is 0 Å². The second-order valence-corrected chi connectivity index (χ2v) is 7.82. The fourth-order valence-electron chi connectivity index (χ4n) is 3.74. The summed E-state index contributed by atoms with van der Waals surface area (Å²) < 4.78 is 0. The lowest BCUT2D eigenvalue weighted by Crippen LogP contribution is -2.54. The highest BCUT2D eigenvalue weighted by Gasteiger charge is 2.32. The molecular formula is C18H35N3O2. The van der Waals surface area contributed by atoms with Gasteiger partial charge in [-0.1, -0.05) is 6.42 Å². The summed E-state index contributed by atoms with van der Waals surface area (Å²) in [5.41, 5.74) is 0. The Kier molecular flexibility index (Phi) is 6.72. The predicted molar refractivity (Wildman–Crippen MR) is 93.5 cm³/mol. The van der Waals surface area contributed by atoms with Crippen LogP contribution in [0.1, 0.15) is 59.8 Å². The second kappa shape index (κ2) is 8.34. The number of carbonyl (C=O) groups is 1. The summed E-state index contributed by atoms with van der Waals surface area (Å²) in [6, 6.07) is 1.02. The van der Waals surface area contributed by atoms with Crippen molar-refractivity contribution in [1.82, 2.24) is 15.1 Å². The minimum atomic E-state index is -0.498. The average Bonchev–Trinajstić information content (AvgIpc) is 2.42. The molecule has 1 heterocycles. The van der Waals surface area contributed by atoms with Crippen molar-refractivity contribution >= 4 is 6.03 Å². The fraction of sp³-hybridized carbons (Fsp3) is 0.944. The van der Waals surface area contributed by atoms with Gasteiger partial charge in [0.25, 0.3) is 0 Å². The predicted octanol–water partition coefficient (Wildman–Crippen LogP) is 2.44. The van der Waals surface area contributed by atoms with Crippen molar-refractivity contribution in [3.8, 4) is 0 Å². The SMILES string of the molecule is CC(O)CN(C(=O)NC(C)C1CCCN(C2CCC2)C1)C(C)C. The average molecular weight is 325 g/mol. The molecule has 0 aromatic heterocycles. The third-order valence-electron chi connectivity index (χ3n) is 5.48. The van der Waals surface area contributed by atoms with Crippen LogP contribution in [0.2, 0.25) is 0 Å². The number of carbonyl (C=O) groups excluding carboxylic acids is 1. The minimum Gasteiger partial charge on any atom is -0.392 e. The highest BCUT2D eigenvalue weighted by atomic mass is 16.3. The molecule has 134 valence electrons. The van der Waals surface area contributed by atoms with Crippen LogP contribution in [0.15, 0.2) is 0 Å². The van der Waals surface area contributed by atoms with Crippen molar-refractivity contribution in [2.45, 2.75) is 84.0 Å². The van der Waals surface area contributed by atoms with Crippen molar-refractivity contribution < 1.29 is 9.90 Å². The lowest BCUT2D eigenvalue weighted by atomic mass is 9.85. The number of nitrogens with one attached hydrogen (secondary N) is 1. The number of aliphatic hydroxyl groups is 1. The Morgan fingerprint density at radius 1 is 1.22 bits per heavy atom. The first-order valence-electron chi connectivity index (χ1n) is 9.37. The van der Waals surface area contributed by atoms with Crippen LogP contribution in [0.3, 0.4) is 0 Å². The smallest absolute Gasteiger partial charge is 0.317 e. The number of amides is 2. The maximum atomic E-state index is 12.5. The summed E-state index contributed by atoms with van der Waals surface area (Å²) in [7, 11) is 0. The molecule has 2 fully saturated rings. The highest BCUT2D eigenvalue weighted by Crippen LogP contribution is 2.30. The summed E-state index contributed by atoms with van der Waals surface area (Å²) >= 11 is 0. The lowest BCUT2D eigenvalue weighted by Gasteiger charge is -2.44. The van der Waals surface area contributed by atoms with Crippen LogP contribution in [-0.2, 0) is 0 Å². The van der Waals surface area contributed by atoms with Gasteiger partial charge in [-0.25, -0.2) is 4.79 Å². The molecule has 1 aliphatic carbocycles. The number of piperidine rings is 1. The van der Waals surface area contributed by atoms with Crippen LogP contribution in [0.5, 0.6) is 0 Å². The Hall–Kier alpha value is -0.810. The van der Waals surface area contributed by atoms with E-state index in [1.165, 1.54) is 38.6 Å². The van der Waals surface area contributed by atoms with Crippen LogP contribution in [0.4, 0.5) is 4.79 Å². The maximum absolute atomic E-state index is 12.5. The molecule has 23 heavy (non-hydrogen) atoms. The number of rotatable bonds is 6. The van der Waals surface area contributed by atoms with E-state index in [1.54, 1.807) is 11.8 Å². The number of hydrogen-bond acceptors (Lipinski definition) is 3. The number of nitrogens with zero attached hydrogens (tertiary/aromatic N) is 2. The van der Waals surface area contributed by atoms with Gasteiger partial charge >= 0.3 is 6.03 Å². The van der Waals surface area contributed by atoms with Crippen molar-refractivity contribution in [2.24, 2.45) is 5.92 Å². The van der Waals surface area contributed by atoms with Gasteiger partial charge in [0.15, 0.2) is 0 Å². The fourth-order valence-corrected chi connectivity index (χ4v) is 3.74. The van der Waals surface area contributed by atoms with Crippen LogP contribution < -0.4 is 5.32 Å². The van der Waals surface area contributed by atoms with Gasteiger partial charge in [-0.05, 0) is 65.8 Å². The van der Waals surface area contributed by atoms with Crippen LogP contribution in [0, 0.1) is 5.92 Å². The van der Waals surface area contributed by atoms with Gasteiger partial charge in [0, 0.05) is 31.2 Å². The van der Waals surface area contributed by atoms with E-state index in [2.05, 4.69) is 17.1 Å². The molecule has 2 amide bonds. The summed E-state index contributed by atoms with van der Waals surface area (Å²) in [6.07, 6.45) is 6.01. The van der Waals surface area contributed by atoms with Crippen LogP contribution >= 0.6 is 0 Å². The zero-order chi connectivity index (χ0) is 17.0. The van der Waals surface area contributed by atoms with Crippen molar-refractivity contribution in [1.29, 1.82) is 0 Å². The molecule has 2 aliphatic rings. The van der Waals surface area contributed by atoms with E-state index in [9.17, 15) is 9.90 Å². The molecule has 0 aromatic rings. The number of hydrogen-bond donors (Lipinski definition) is 2. The molecule has 1 aliphatic heterocycles. The first-order valence-corrected chi connectivity index (χ1v) is 9.37. The summed E-state index contributed by atoms with van der Waals surface area (Å²) in [5, 5.41) is 12.8. The van der Waals surface area contributed by atoms with Gasteiger partial charge in [0.05, 0.1) is 6.10 Å². The van der Waals surface area contributed by atoms with E-state index in [-0.39, 0.29) is 18.1 Å². The monoisotopic (exact) mass is 325 g/mol. The first kappa shape index (κ1) is 18.5. The zero-order valence-electron chi connectivity index (χ0n) is 15.3. The molecular weight excluding hydrogens is 290 g/mol. The zero-order valence-corrected chi connectivity index (χ0v) is 15.3. The topological polar surface area (TPSA) is 55.8 Å². The van der Waals surface area contributed by atoms with Crippen molar-refractivity contribution in [3.63, 3.8) is 0 Å². The minimum absolute atomic E-state index is 0.0471. The largest absolute Gasteiger partial charge is 0.392 e. The van der Waals surface area contributed by atoms with E-state index in [1.807, 2.05) is 13.8 Å². The molecule has 0 aromatic carbocycles. The Morgan fingerprint density at radius 2 is 1.91 bits per heavy atom. The second-order valence-electron chi connectivity index (χ2n) is 7.82. The Morgan fingerprint density at radius 3 is 2.43 bits per heavy atom. The standard InChI is InChI=1S/C18H35N3O2/c1-13(2)21(11-14(3)22)18(23)19-15(4)16-7-6-10-20(12-16)17-8-5-9-17/h13-17,22H,5-12H2,1-4H3,(H,19,23). The van der Waals surface area contributed by atoms with E-state index in [0.29, 0.717) is 12.5 Å². The van der Waals surface area contributed by atoms with Gasteiger partial charge in [-0.2, -0.15) is 0 Å². The Balaban J connectivity index is 1.86. The number of aliphatic hydroxyl groups excluding tert-OH is 1. The molecule has 2 N–H and O–H groups in total. The third kappa shape index (κ3) is 5.08. The van der Waals surface area contributed by atoms with E-state index < -0.39 is 6.10 Å². The molecule has 5 heteroatoms. The molecule has 3 atom stereocenters. The number of likely N-dealkylation sites (tertiary alicyclic amines) is 1. The van der Waals surface area contributed by atoms with E-state index >= 15 is 0 Å². The molecule has 5 nitrogen and oxygen atoms in total. The van der Waals surface area contributed by atoms with E-state index in [4.69, 9.17) is 0 Å². The summed E-state index contributed by atoms with van der Waals surface area (Å²) in [6.45, 7) is 10.6. The van der Waals surface area contributed by atoms with Gasteiger partial charge in [0.2, 0.25) is 0 Å². The van der Waals surface area contributed by atoms with Crippen molar-refractivity contribution in [3.05, 3.63) is 0 Å². The Bertz CT molecular complexity index is 382. The summed E-state index contributed by atoms with van der Waals surface area (Å²) in [5.74, 6) is 0.536. The van der Waals surface area contributed by atoms with Gasteiger partial charge in [-0.3, -0.25) is 0 Å². The Labute approximate surface area is 141 Å². The number of urea groups is 1. The molecule has 1 saturated carbocycles. The maximum Gasteiger partial charge on any atom is 0.317 e. The molecule has 0 spiro atoms. The quantitative estimate of drug-likeness (QED) is 0.789. The lowest BCUT2D eigenvalue weighted by molar-refractivity contribution is 0.0655. The first-order chi connectivity index (χ1) is 10.9. The van der Waals surface area contributed by atoms with Crippen molar-refractivity contribution in [2.75, 3.05) is 19.6 Å². The molecule has 0 bridgehead atoms. The molecule has 1 saturated heterocycles. The van der Waals surface area contributed by atoms with E-state index in [0.717, 1.165) is 12.6 Å². The highest BCUT2D eigenvalue weighted by molar-refractivity contribution is 5.74. The molecule has 0 radical (unpaired) electrons. The van der Waals surface area contributed by atoms with Crippen LogP contribution in [-0.4, -0.2) is 64.8 Å². The van der Waals surface area contributed by atoms with Crippen LogP contribution in [0.25, 0.3) is 0 Å². The summed E-state index contributed by atoms with van der Waals surface area (Å²) in [4.78, 5) is 16.9. The van der Waals surface area contributed by atoms with Gasteiger partial charge < -0.3 is 20.2 Å². The van der Waals surface area contributed by atoms with Gasteiger partial charge in [0.1, 0.15) is 0 Å². The normalized spacial score (nSPS) is 25.7.